The molecule has 0 fully saturated rings. The standard InChI is InChI=1S/C21H25NO3/c1-5-13-24-18-10-8-17(9-11-18)22-21(23)19(6-2)25-20-12-7-15(3)14-16(20)4/h5,7-12,14,19H,1,6,13H2,2-4H3,(H,22,23)/t19-/m1/s1. The van der Waals surface area contributed by atoms with E-state index in [9.17, 15) is 4.79 Å². The van der Waals surface area contributed by atoms with Crippen LogP contribution >= 0.6 is 0 Å². The molecule has 0 unspecified atom stereocenters. The lowest BCUT2D eigenvalue weighted by Gasteiger charge is -2.19. The highest BCUT2D eigenvalue weighted by Crippen LogP contribution is 2.22. The maximum Gasteiger partial charge on any atom is 0.265 e. The van der Waals surface area contributed by atoms with Crippen molar-refractivity contribution in [3.05, 3.63) is 66.2 Å². The fourth-order valence-electron chi connectivity index (χ4n) is 2.42. The minimum Gasteiger partial charge on any atom is -0.490 e. The molecule has 4 heteroatoms. The average Bonchev–Trinajstić information content (AvgIpc) is 2.60. The number of rotatable bonds is 8. The molecule has 0 aliphatic rings. The number of ether oxygens (including phenoxy) is 2. The second-order valence-electron chi connectivity index (χ2n) is 5.90. The molecule has 0 aliphatic carbocycles. The van der Waals surface area contributed by atoms with Gasteiger partial charge in [-0.3, -0.25) is 4.79 Å². The highest BCUT2D eigenvalue weighted by Gasteiger charge is 2.19. The Morgan fingerprint density at radius 1 is 1.20 bits per heavy atom. The van der Waals surface area contributed by atoms with Crippen LogP contribution in [0.2, 0.25) is 0 Å². The maximum atomic E-state index is 12.5. The van der Waals surface area contributed by atoms with Gasteiger partial charge in [0.25, 0.3) is 5.91 Å². The molecule has 4 nitrogen and oxygen atoms in total. The Labute approximate surface area is 149 Å². The molecule has 2 aromatic carbocycles. The molecule has 2 rings (SSSR count). The fraction of sp³-hybridized carbons (Fsp3) is 0.286. The Hall–Kier alpha value is -2.75. The summed E-state index contributed by atoms with van der Waals surface area (Å²) in [5.41, 5.74) is 2.90. The highest BCUT2D eigenvalue weighted by atomic mass is 16.5. The van der Waals surface area contributed by atoms with Crippen LogP contribution in [-0.4, -0.2) is 18.6 Å². The normalized spacial score (nSPS) is 11.5. The lowest BCUT2D eigenvalue weighted by molar-refractivity contribution is -0.122. The summed E-state index contributed by atoms with van der Waals surface area (Å²) in [5, 5.41) is 2.89. The topological polar surface area (TPSA) is 47.6 Å². The van der Waals surface area contributed by atoms with Crippen molar-refractivity contribution < 1.29 is 14.3 Å². The molecule has 0 bridgehead atoms. The van der Waals surface area contributed by atoms with Crippen LogP contribution in [0, 0.1) is 13.8 Å². The van der Waals surface area contributed by atoms with Crippen LogP contribution < -0.4 is 14.8 Å². The summed E-state index contributed by atoms with van der Waals surface area (Å²) in [6.45, 7) is 10.0. The number of amides is 1. The van der Waals surface area contributed by atoms with E-state index in [1.807, 2.05) is 51.1 Å². The minimum atomic E-state index is -0.543. The van der Waals surface area contributed by atoms with Gasteiger partial charge >= 0.3 is 0 Å². The molecule has 1 atom stereocenters. The van der Waals surface area contributed by atoms with Gasteiger partial charge in [0.15, 0.2) is 6.10 Å². The first-order valence-corrected chi connectivity index (χ1v) is 8.42. The molecule has 0 heterocycles. The summed E-state index contributed by atoms with van der Waals surface area (Å²) in [7, 11) is 0. The van der Waals surface area contributed by atoms with Gasteiger partial charge in [-0.25, -0.2) is 0 Å². The fourth-order valence-corrected chi connectivity index (χ4v) is 2.42. The number of hydrogen-bond donors (Lipinski definition) is 1. The Morgan fingerprint density at radius 2 is 1.92 bits per heavy atom. The first-order valence-electron chi connectivity index (χ1n) is 8.42. The highest BCUT2D eigenvalue weighted by molar-refractivity contribution is 5.94. The zero-order valence-corrected chi connectivity index (χ0v) is 15.0. The number of carbonyl (C=O) groups is 1. The van der Waals surface area contributed by atoms with E-state index in [0.717, 1.165) is 17.1 Å². The minimum absolute atomic E-state index is 0.165. The van der Waals surface area contributed by atoms with Crippen molar-refractivity contribution in [3.8, 4) is 11.5 Å². The predicted molar refractivity (Wildman–Crippen MR) is 101 cm³/mol. The van der Waals surface area contributed by atoms with Crippen molar-refractivity contribution in [2.45, 2.75) is 33.3 Å². The van der Waals surface area contributed by atoms with Gasteiger partial charge in [0.05, 0.1) is 0 Å². The van der Waals surface area contributed by atoms with E-state index in [2.05, 4.69) is 11.9 Å². The molecule has 132 valence electrons. The molecule has 0 radical (unpaired) electrons. The predicted octanol–water partition coefficient (Wildman–Crippen LogP) is 4.66. The number of aryl methyl sites for hydroxylation is 2. The van der Waals surface area contributed by atoms with Gasteiger partial charge in [0.2, 0.25) is 0 Å². The van der Waals surface area contributed by atoms with Crippen LogP contribution in [0.25, 0.3) is 0 Å². The Balaban J connectivity index is 2.00. The van der Waals surface area contributed by atoms with Gasteiger partial charge < -0.3 is 14.8 Å². The van der Waals surface area contributed by atoms with E-state index in [4.69, 9.17) is 9.47 Å². The first kappa shape index (κ1) is 18.6. The molecule has 2 aromatic rings. The van der Waals surface area contributed by atoms with Crippen LogP contribution in [0.15, 0.2) is 55.1 Å². The lowest BCUT2D eigenvalue weighted by atomic mass is 10.1. The first-order chi connectivity index (χ1) is 12.0. The monoisotopic (exact) mass is 339 g/mol. The van der Waals surface area contributed by atoms with Gasteiger partial charge in [-0.2, -0.15) is 0 Å². The van der Waals surface area contributed by atoms with Crippen molar-refractivity contribution in [1.82, 2.24) is 0 Å². The number of anilines is 1. The second kappa shape index (κ2) is 8.92. The van der Waals surface area contributed by atoms with Crippen molar-refractivity contribution in [1.29, 1.82) is 0 Å². The zero-order valence-electron chi connectivity index (χ0n) is 15.0. The third-order valence-corrected chi connectivity index (χ3v) is 3.75. The summed E-state index contributed by atoms with van der Waals surface area (Å²) in [4.78, 5) is 12.5. The SMILES string of the molecule is C=CCOc1ccc(NC(=O)[C@@H](CC)Oc2ccc(C)cc2C)cc1. The van der Waals surface area contributed by atoms with Crippen LogP contribution in [0.3, 0.4) is 0 Å². The van der Waals surface area contributed by atoms with Crippen LogP contribution in [0.4, 0.5) is 5.69 Å². The van der Waals surface area contributed by atoms with Crippen molar-refractivity contribution >= 4 is 11.6 Å². The quantitative estimate of drug-likeness (QED) is 0.711. The third kappa shape index (κ3) is 5.38. The Bertz CT molecular complexity index is 722. The lowest BCUT2D eigenvalue weighted by Crippen LogP contribution is -2.32. The van der Waals surface area contributed by atoms with Crippen LogP contribution in [0.5, 0.6) is 11.5 Å². The summed E-state index contributed by atoms with van der Waals surface area (Å²) in [6.07, 6.45) is 1.73. The average molecular weight is 339 g/mol. The van der Waals surface area contributed by atoms with Crippen molar-refractivity contribution in [2.24, 2.45) is 0 Å². The molecule has 1 N–H and O–H groups in total. The Kier molecular flexibility index (Phi) is 6.63. The van der Waals surface area contributed by atoms with E-state index in [1.54, 1.807) is 18.2 Å². The van der Waals surface area contributed by atoms with E-state index in [1.165, 1.54) is 5.56 Å². The summed E-state index contributed by atoms with van der Waals surface area (Å²) in [6, 6.07) is 13.2. The summed E-state index contributed by atoms with van der Waals surface area (Å²) < 4.78 is 11.3. The second-order valence-corrected chi connectivity index (χ2v) is 5.90. The van der Waals surface area contributed by atoms with E-state index < -0.39 is 6.10 Å². The van der Waals surface area contributed by atoms with Crippen LogP contribution in [-0.2, 0) is 4.79 Å². The number of benzene rings is 2. The van der Waals surface area contributed by atoms with E-state index >= 15 is 0 Å². The molecule has 25 heavy (non-hydrogen) atoms. The van der Waals surface area contributed by atoms with E-state index in [0.29, 0.717) is 18.7 Å². The molecule has 0 saturated heterocycles. The molecule has 0 saturated carbocycles. The molecule has 0 aliphatic heterocycles. The number of carbonyl (C=O) groups excluding carboxylic acids is 1. The molecular formula is C21H25NO3. The molecule has 0 aromatic heterocycles. The smallest absolute Gasteiger partial charge is 0.265 e. The zero-order chi connectivity index (χ0) is 18.2. The Morgan fingerprint density at radius 3 is 2.52 bits per heavy atom. The number of hydrogen-bond acceptors (Lipinski definition) is 3. The number of nitrogens with one attached hydrogen (secondary N) is 1. The molecule has 1 amide bonds. The molecule has 0 spiro atoms. The van der Waals surface area contributed by atoms with E-state index in [-0.39, 0.29) is 5.91 Å². The van der Waals surface area contributed by atoms with Gasteiger partial charge in [-0.05, 0) is 56.2 Å². The largest absolute Gasteiger partial charge is 0.490 e. The van der Waals surface area contributed by atoms with Gasteiger partial charge in [-0.1, -0.05) is 37.3 Å². The van der Waals surface area contributed by atoms with Gasteiger partial charge in [-0.15, -0.1) is 0 Å². The summed E-state index contributed by atoms with van der Waals surface area (Å²) >= 11 is 0. The van der Waals surface area contributed by atoms with Gasteiger partial charge in [0.1, 0.15) is 18.1 Å². The van der Waals surface area contributed by atoms with Crippen LogP contribution in [0.1, 0.15) is 24.5 Å². The van der Waals surface area contributed by atoms with Gasteiger partial charge in [0, 0.05) is 5.69 Å². The maximum absolute atomic E-state index is 12.5. The van der Waals surface area contributed by atoms with Crippen molar-refractivity contribution in [3.63, 3.8) is 0 Å². The van der Waals surface area contributed by atoms with Crippen molar-refractivity contribution in [2.75, 3.05) is 11.9 Å². The molecular weight excluding hydrogens is 314 g/mol. The summed E-state index contributed by atoms with van der Waals surface area (Å²) in [5.74, 6) is 1.31. The third-order valence-electron chi connectivity index (χ3n) is 3.75.